The first kappa shape index (κ1) is 38.4. The molecular weight excluding hydrogens is 777 g/mol. The molecule has 0 saturated carbocycles. The van der Waals surface area contributed by atoms with Gasteiger partial charge < -0.3 is 9.47 Å². The molecule has 0 aliphatic carbocycles. The van der Waals surface area contributed by atoms with Crippen LogP contribution in [0.3, 0.4) is 0 Å². The number of fused-ring (bicyclic) bond motifs is 2. The maximum atomic E-state index is 13.6. The summed E-state index contributed by atoms with van der Waals surface area (Å²) in [4.78, 5) is 16.0. The third kappa shape index (κ3) is 7.36. The van der Waals surface area contributed by atoms with Gasteiger partial charge in [-0.15, -0.1) is 0 Å². The molecule has 3 heteroatoms. The minimum atomic E-state index is 0.0501. The van der Waals surface area contributed by atoms with Gasteiger partial charge in [0.2, 0.25) is 0 Å². The van der Waals surface area contributed by atoms with Crippen LogP contribution < -0.4 is 10.3 Å². The maximum Gasteiger partial charge on any atom is 0.197 e. The monoisotopic (exact) mass is 818 g/mol. The molecule has 3 nitrogen and oxygen atoms in total. The van der Waals surface area contributed by atoms with Crippen molar-refractivity contribution in [3.63, 3.8) is 0 Å². The number of para-hydroxylation sites is 2. The van der Waals surface area contributed by atoms with Crippen LogP contribution in [0, 0.1) is 0 Å². The number of hydrogen-bond donors (Lipinski definition) is 0. The van der Waals surface area contributed by atoms with Gasteiger partial charge >= 0.3 is 0 Å². The number of rotatable bonds is 9. The molecule has 1 heterocycles. The number of aromatic nitrogens is 1. The van der Waals surface area contributed by atoms with Gasteiger partial charge in [-0.3, -0.25) is 4.79 Å². The third-order valence-corrected chi connectivity index (χ3v) is 12.1. The summed E-state index contributed by atoms with van der Waals surface area (Å²) in [6.07, 6.45) is 0. The molecule has 0 saturated heterocycles. The molecule has 0 aliphatic heterocycles. The molecule has 11 rings (SSSR count). The smallest absolute Gasteiger partial charge is 0.197 e. The van der Waals surface area contributed by atoms with E-state index < -0.39 is 0 Å². The number of pyridine rings is 1. The molecule has 64 heavy (non-hydrogen) atoms. The number of benzene rings is 10. The van der Waals surface area contributed by atoms with E-state index in [1.54, 1.807) is 0 Å². The zero-order valence-electron chi connectivity index (χ0n) is 35.1. The minimum Gasteiger partial charge on any atom is -0.310 e. The standard InChI is InChI=1S/C61H42N2O/c64-61-57-28-13-15-30-59(57)63(60-31-16-14-29-58(60)61)54-27-17-26-48(38-54)47-32-34-53(35-33-47)62(55-39-49(43-18-5-1-6-19-43)36-50(40-55)44-20-7-2-8-21-44)56-41-51(45-22-9-3-10-23-45)37-52(42-56)46-24-11-4-12-25-46/h1-42H. The number of nitrogens with zero attached hydrogens (tertiary/aromatic N) is 2. The van der Waals surface area contributed by atoms with E-state index in [1.165, 1.54) is 0 Å². The van der Waals surface area contributed by atoms with E-state index in [9.17, 15) is 4.79 Å². The van der Waals surface area contributed by atoms with Crippen LogP contribution in [0.2, 0.25) is 0 Å². The molecule has 0 aliphatic rings. The quantitative estimate of drug-likeness (QED) is 0.136. The fourth-order valence-corrected chi connectivity index (χ4v) is 9.02. The predicted molar refractivity (Wildman–Crippen MR) is 269 cm³/mol. The molecule has 0 spiro atoms. The van der Waals surface area contributed by atoms with E-state index in [0.29, 0.717) is 10.8 Å². The lowest BCUT2D eigenvalue weighted by molar-refractivity contribution is 1.16. The molecular formula is C61H42N2O. The van der Waals surface area contributed by atoms with Gasteiger partial charge in [0.25, 0.3) is 0 Å². The van der Waals surface area contributed by atoms with Gasteiger partial charge in [-0.1, -0.05) is 170 Å². The molecule has 11 aromatic rings. The first-order chi connectivity index (χ1) is 31.6. The van der Waals surface area contributed by atoms with E-state index >= 15 is 0 Å². The Kier molecular flexibility index (Phi) is 10.0. The van der Waals surface area contributed by atoms with Crippen molar-refractivity contribution in [1.82, 2.24) is 4.57 Å². The molecule has 0 radical (unpaired) electrons. The summed E-state index contributed by atoms with van der Waals surface area (Å²) in [6.45, 7) is 0. The van der Waals surface area contributed by atoms with Crippen LogP contribution in [0.25, 0.3) is 83.1 Å². The number of hydrogen-bond acceptors (Lipinski definition) is 2. The van der Waals surface area contributed by atoms with E-state index in [2.05, 4.69) is 216 Å². The Hall–Kier alpha value is -8.53. The van der Waals surface area contributed by atoms with Gasteiger partial charge in [-0.25, -0.2) is 0 Å². The minimum absolute atomic E-state index is 0.0501. The van der Waals surface area contributed by atoms with Gasteiger partial charge in [-0.05, 0) is 141 Å². The molecule has 0 atom stereocenters. The predicted octanol–water partition coefficient (Wildman–Crippen LogP) is 15.9. The van der Waals surface area contributed by atoms with E-state index in [1.807, 2.05) is 48.5 Å². The topological polar surface area (TPSA) is 25.2 Å². The van der Waals surface area contributed by atoms with Crippen LogP contribution in [0.5, 0.6) is 0 Å². The van der Waals surface area contributed by atoms with Gasteiger partial charge in [0.05, 0.1) is 11.0 Å². The maximum absolute atomic E-state index is 13.6. The Morgan fingerprint density at radius 2 is 0.625 bits per heavy atom. The van der Waals surface area contributed by atoms with Gasteiger partial charge in [0.15, 0.2) is 5.43 Å². The van der Waals surface area contributed by atoms with Gasteiger partial charge in [-0.2, -0.15) is 0 Å². The lowest BCUT2D eigenvalue weighted by Crippen LogP contribution is -2.11. The SMILES string of the molecule is O=c1c2ccccc2n(-c2cccc(-c3ccc(N(c4cc(-c5ccccc5)cc(-c5ccccc5)c4)c4cc(-c5ccccc5)cc(-c5ccccc5)c4)cc3)c2)c2ccccc12. The van der Waals surface area contributed by atoms with Crippen LogP contribution in [0.1, 0.15) is 0 Å². The van der Waals surface area contributed by atoms with Crippen molar-refractivity contribution in [2.45, 2.75) is 0 Å². The molecule has 0 unspecified atom stereocenters. The van der Waals surface area contributed by atoms with Crippen molar-refractivity contribution in [3.8, 4) is 61.3 Å². The van der Waals surface area contributed by atoms with Gasteiger partial charge in [0, 0.05) is 33.5 Å². The van der Waals surface area contributed by atoms with Crippen molar-refractivity contribution in [2.75, 3.05) is 4.90 Å². The normalized spacial score (nSPS) is 11.2. The molecule has 0 amide bonds. The molecule has 302 valence electrons. The van der Waals surface area contributed by atoms with E-state index in [-0.39, 0.29) is 5.43 Å². The van der Waals surface area contributed by atoms with Crippen LogP contribution >= 0.6 is 0 Å². The highest BCUT2D eigenvalue weighted by Gasteiger charge is 2.19. The Labute approximate surface area is 373 Å². The fourth-order valence-electron chi connectivity index (χ4n) is 9.02. The second-order valence-electron chi connectivity index (χ2n) is 16.1. The van der Waals surface area contributed by atoms with Crippen molar-refractivity contribution >= 4 is 38.9 Å². The molecule has 0 bridgehead atoms. The van der Waals surface area contributed by atoms with E-state index in [4.69, 9.17) is 0 Å². The zero-order valence-corrected chi connectivity index (χ0v) is 35.1. The summed E-state index contributed by atoms with van der Waals surface area (Å²) >= 11 is 0. The lowest BCUT2D eigenvalue weighted by Gasteiger charge is -2.28. The molecule has 0 fully saturated rings. The van der Waals surface area contributed by atoms with Gasteiger partial charge in [0.1, 0.15) is 0 Å². The molecule has 10 aromatic carbocycles. The highest BCUT2D eigenvalue weighted by atomic mass is 16.1. The van der Waals surface area contributed by atoms with Crippen molar-refractivity contribution in [3.05, 3.63) is 265 Å². The summed E-state index contributed by atoms with van der Waals surface area (Å²) in [6, 6.07) is 89.8. The van der Waals surface area contributed by atoms with Crippen molar-refractivity contribution in [2.24, 2.45) is 0 Å². The summed E-state index contributed by atoms with van der Waals surface area (Å²) in [7, 11) is 0. The molecule has 0 N–H and O–H groups in total. The molecule has 1 aromatic heterocycles. The van der Waals surface area contributed by atoms with Crippen molar-refractivity contribution in [1.29, 1.82) is 0 Å². The van der Waals surface area contributed by atoms with Crippen LogP contribution in [-0.4, -0.2) is 4.57 Å². The highest BCUT2D eigenvalue weighted by molar-refractivity contribution is 5.96. The summed E-state index contributed by atoms with van der Waals surface area (Å²) in [5.41, 5.74) is 17.3. The summed E-state index contributed by atoms with van der Waals surface area (Å²) in [5.74, 6) is 0. The number of anilines is 3. The first-order valence-corrected chi connectivity index (χ1v) is 21.7. The van der Waals surface area contributed by atoms with Crippen LogP contribution in [0.4, 0.5) is 17.1 Å². The summed E-state index contributed by atoms with van der Waals surface area (Å²) in [5, 5.41) is 1.41. The van der Waals surface area contributed by atoms with E-state index in [0.717, 1.165) is 89.4 Å². The largest absolute Gasteiger partial charge is 0.310 e. The Morgan fingerprint density at radius 1 is 0.266 bits per heavy atom. The average molecular weight is 819 g/mol. The third-order valence-electron chi connectivity index (χ3n) is 12.1. The van der Waals surface area contributed by atoms with Crippen LogP contribution in [-0.2, 0) is 0 Å². The Balaban J connectivity index is 1.09. The summed E-state index contributed by atoms with van der Waals surface area (Å²) < 4.78 is 2.21. The lowest BCUT2D eigenvalue weighted by atomic mass is 9.95. The fraction of sp³-hybridized carbons (Fsp3) is 0. The second-order valence-corrected chi connectivity index (χ2v) is 16.1. The Morgan fingerprint density at radius 3 is 1.05 bits per heavy atom. The van der Waals surface area contributed by atoms with Crippen LogP contribution in [0.15, 0.2) is 260 Å². The van der Waals surface area contributed by atoms with Crippen molar-refractivity contribution < 1.29 is 0 Å². The zero-order chi connectivity index (χ0) is 42.8. The highest BCUT2D eigenvalue weighted by Crippen LogP contribution is 2.43. The first-order valence-electron chi connectivity index (χ1n) is 21.7. The average Bonchev–Trinajstić information content (AvgIpc) is 3.38. The Bertz CT molecular complexity index is 3190. The second kappa shape index (κ2) is 16.7.